The van der Waals surface area contributed by atoms with E-state index in [1.54, 1.807) is 14.2 Å². The van der Waals surface area contributed by atoms with Crippen molar-refractivity contribution in [3.05, 3.63) is 59.7 Å². The lowest BCUT2D eigenvalue weighted by Gasteiger charge is -2.19. The third-order valence-corrected chi connectivity index (χ3v) is 4.57. The molecule has 0 amide bonds. The van der Waals surface area contributed by atoms with Gasteiger partial charge in [0.15, 0.2) is 0 Å². The highest BCUT2D eigenvalue weighted by Gasteiger charge is 2.15. The molecule has 0 radical (unpaired) electrons. The normalized spacial score (nSPS) is 11.5. The van der Waals surface area contributed by atoms with Crippen molar-refractivity contribution in [2.45, 2.75) is 18.8 Å². The van der Waals surface area contributed by atoms with E-state index in [1.165, 1.54) is 0 Å². The van der Waals surface area contributed by atoms with Crippen molar-refractivity contribution in [3.8, 4) is 11.5 Å². The molecule has 2 aromatic carbocycles. The minimum atomic E-state index is -3.40. The Balaban J connectivity index is 2.17. The molecular formula is C19H24O5S. The predicted molar refractivity (Wildman–Crippen MR) is 97.9 cm³/mol. The molecule has 2 aromatic rings. The summed E-state index contributed by atoms with van der Waals surface area (Å²) in [6.07, 6.45) is 2.47. The first-order valence-corrected chi connectivity index (χ1v) is 9.87. The van der Waals surface area contributed by atoms with E-state index < -0.39 is 10.1 Å². The molecule has 0 aliphatic carbocycles. The molecule has 5 nitrogen and oxygen atoms in total. The van der Waals surface area contributed by atoms with Gasteiger partial charge in [-0.25, -0.2) is 0 Å². The van der Waals surface area contributed by atoms with Gasteiger partial charge in [-0.15, -0.1) is 0 Å². The van der Waals surface area contributed by atoms with Crippen LogP contribution in [0.3, 0.4) is 0 Å². The Morgan fingerprint density at radius 3 is 1.64 bits per heavy atom. The van der Waals surface area contributed by atoms with E-state index in [0.717, 1.165) is 35.3 Å². The van der Waals surface area contributed by atoms with Crippen LogP contribution in [0.5, 0.6) is 11.5 Å². The summed E-state index contributed by atoms with van der Waals surface area (Å²) in [6, 6.07) is 15.8. The van der Waals surface area contributed by atoms with Gasteiger partial charge in [-0.1, -0.05) is 24.3 Å². The van der Waals surface area contributed by atoms with Gasteiger partial charge in [-0.3, -0.25) is 4.18 Å². The third-order valence-electron chi connectivity index (χ3n) is 3.97. The van der Waals surface area contributed by atoms with Crippen molar-refractivity contribution in [3.63, 3.8) is 0 Å². The van der Waals surface area contributed by atoms with Gasteiger partial charge < -0.3 is 9.47 Å². The Morgan fingerprint density at radius 1 is 0.840 bits per heavy atom. The van der Waals surface area contributed by atoms with Gasteiger partial charge in [0.25, 0.3) is 10.1 Å². The number of hydrogen-bond acceptors (Lipinski definition) is 5. The van der Waals surface area contributed by atoms with E-state index in [4.69, 9.17) is 13.7 Å². The molecule has 0 unspecified atom stereocenters. The minimum absolute atomic E-state index is 0.139. The first kappa shape index (κ1) is 19.3. The zero-order valence-corrected chi connectivity index (χ0v) is 15.6. The topological polar surface area (TPSA) is 61.8 Å². The summed E-state index contributed by atoms with van der Waals surface area (Å²) in [4.78, 5) is 0. The standard InChI is InChI=1S/C19H24O5S/c1-22-17-10-6-15(7-11-17)19(5-4-14-24-25(3,20)21)16-8-12-18(23-2)13-9-16/h6-13,19H,4-5,14H2,1-3H3. The number of ether oxygens (including phenoxy) is 2. The fourth-order valence-corrected chi connectivity index (χ4v) is 3.12. The van der Waals surface area contributed by atoms with Crippen molar-refractivity contribution in [2.24, 2.45) is 0 Å². The first-order chi connectivity index (χ1) is 11.9. The molecule has 0 bridgehead atoms. The summed E-state index contributed by atoms with van der Waals surface area (Å²) in [5, 5.41) is 0. The second kappa shape index (κ2) is 8.87. The summed E-state index contributed by atoms with van der Waals surface area (Å²) in [5.41, 5.74) is 2.29. The first-order valence-electron chi connectivity index (χ1n) is 8.05. The molecule has 0 aliphatic heterocycles. The molecule has 0 aromatic heterocycles. The van der Waals surface area contributed by atoms with Gasteiger partial charge in [0.2, 0.25) is 0 Å². The van der Waals surface area contributed by atoms with Crippen molar-refractivity contribution < 1.29 is 22.1 Å². The van der Waals surface area contributed by atoms with Crippen LogP contribution in [-0.4, -0.2) is 35.5 Å². The lowest BCUT2D eigenvalue weighted by molar-refractivity contribution is 0.309. The average molecular weight is 364 g/mol. The Kier molecular flexibility index (Phi) is 6.84. The van der Waals surface area contributed by atoms with E-state index >= 15 is 0 Å². The van der Waals surface area contributed by atoms with E-state index in [0.29, 0.717) is 6.42 Å². The van der Waals surface area contributed by atoms with Gasteiger partial charge in [-0.05, 0) is 48.2 Å². The summed E-state index contributed by atoms with van der Waals surface area (Å²) >= 11 is 0. The van der Waals surface area contributed by atoms with Crippen LogP contribution in [0.15, 0.2) is 48.5 Å². The smallest absolute Gasteiger partial charge is 0.264 e. The number of benzene rings is 2. The molecule has 0 spiro atoms. The van der Waals surface area contributed by atoms with E-state index in [9.17, 15) is 8.42 Å². The molecule has 25 heavy (non-hydrogen) atoms. The Hall–Kier alpha value is -2.05. The van der Waals surface area contributed by atoms with Crippen LogP contribution in [0.4, 0.5) is 0 Å². The number of hydrogen-bond donors (Lipinski definition) is 0. The van der Waals surface area contributed by atoms with Gasteiger partial charge in [0.05, 0.1) is 27.1 Å². The molecule has 136 valence electrons. The van der Waals surface area contributed by atoms with Gasteiger partial charge in [-0.2, -0.15) is 8.42 Å². The second-order valence-electron chi connectivity index (χ2n) is 5.77. The quantitative estimate of drug-likeness (QED) is 0.503. The maximum absolute atomic E-state index is 11.1. The molecule has 2 rings (SSSR count). The maximum atomic E-state index is 11.1. The van der Waals surface area contributed by atoms with E-state index in [2.05, 4.69) is 0 Å². The van der Waals surface area contributed by atoms with E-state index in [-0.39, 0.29) is 12.5 Å². The third kappa shape index (κ3) is 6.07. The highest BCUT2D eigenvalue weighted by Crippen LogP contribution is 2.31. The number of rotatable bonds is 9. The summed E-state index contributed by atoms with van der Waals surface area (Å²) < 4.78 is 37.5. The molecule has 0 heterocycles. The fourth-order valence-electron chi connectivity index (χ4n) is 2.70. The molecule has 0 fully saturated rings. The van der Waals surface area contributed by atoms with Gasteiger partial charge >= 0.3 is 0 Å². The van der Waals surface area contributed by atoms with Gasteiger partial charge in [0.1, 0.15) is 11.5 Å². The van der Waals surface area contributed by atoms with Crippen molar-refractivity contribution in [1.29, 1.82) is 0 Å². The lowest BCUT2D eigenvalue weighted by Crippen LogP contribution is -2.07. The second-order valence-corrected chi connectivity index (χ2v) is 7.41. The largest absolute Gasteiger partial charge is 0.497 e. The zero-order valence-electron chi connectivity index (χ0n) is 14.8. The predicted octanol–water partition coefficient (Wildman–Crippen LogP) is 3.59. The van der Waals surface area contributed by atoms with Crippen LogP contribution in [0.25, 0.3) is 0 Å². The SMILES string of the molecule is COc1ccc(C(CCCOS(C)(=O)=O)c2ccc(OC)cc2)cc1. The van der Waals surface area contributed by atoms with Crippen molar-refractivity contribution in [2.75, 3.05) is 27.1 Å². The van der Waals surface area contributed by atoms with Crippen LogP contribution in [0, 0.1) is 0 Å². The molecule has 0 saturated heterocycles. The molecular weight excluding hydrogens is 340 g/mol. The Labute approximate surface area is 149 Å². The zero-order chi connectivity index (χ0) is 18.3. The van der Waals surface area contributed by atoms with Gasteiger partial charge in [0, 0.05) is 5.92 Å². The minimum Gasteiger partial charge on any atom is -0.497 e. The highest BCUT2D eigenvalue weighted by molar-refractivity contribution is 7.85. The monoisotopic (exact) mass is 364 g/mol. The van der Waals surface area contributed by atoms with Crippen LogP contribution in [0.2, 0.25) is 0 Å². The highest BCUT2D eigenvalue weighted by atomic mass is 32.2. The maximum Gasteiger partial charge on any atom is 0.264 e. The number of methoxy groups -OCH3 is 2. The summed E-state index contributed by atoms with van der Waals surface area (Å²) in [7, 11) is -0.128. The molecule has 0 atom stereocenters. The Bertz CT molecular complexity index is 704. The summed E-state index contributed by atoms with van der Waals surface area (Å²) in [5.74, 6) is 1.75. The fraction of sp³-hybridized carbons (Fsp3) is 0.368. The van der Waals surface area contributed by atoms with E-state index in [1.807, 2.05) is 48.5 Å². The Morgan fingerprint density at radius 2 is 1.28 bits per heavy atom. The molecule has 0 N–H and O–H groups in total. The van der Waals surface area contributed by atoms with Crippen LogP contribution in [0.1, 0.15) is 29.9 Å². The average Bonchev–Trinajstić information content (AvgIpc) is 2.61. The van der Waals surface area contributed by atoms with Crippen LogP contribution in [-0.2, 0) is 14.3 Å². The summed E-state index contributed by atoms with van der Waals surface area (Å²) in [6.45, 7) is 0.182. The molecule has 0 aliphatic rings. The molecule has 0 saturated carbocycles. The lowest BCUT2D eigenvalue weighted by atomic mass is 9.87. The molecule has 6 heteroatoms. The van der Waals surface area contributed by atoms with Crippen LogP contribution < -0.4 is 9.47 Å². The van der Waals surface area contributed by atoms with Crippen molar-refractivity contribution in [1.82, 2.24) is 0 Å². The van der Waals surface area contributed by atoms with Crippen LogP contribution >= 0.6 is 0 Å². The van der Waals surface area contributed by atoms with Crippen molar-refractivity contribution >= 4 is 10.1 Å².